The normalized spacial score (nSPS) is 10.1. The summed E-state index contributed by atoms with van der Waals surface area (Å²) in [6.45, 7) is 0. The van der Waals surface area contributed by atoms with Crippen molar-refractivity contribution >= 4 is 44.9 Å². The average Bonchev–Trinajstić information content (AvgIpc) is 2.32. The molecule has 2 aromatic rings. The molecule has 92 valence electrons. The Hall–Kier alpha value is -1.66. The van der Waals surface area contributed by atoms with E-state index >= 15 is 0 Å². The zero-order valence-corrected chi connectivity index (χ0v) is 11.4. The SMILES string of the molecule is Nc1cncc(C(=O)Nc2ccc(Br)cc2Cl)n1. The van der Waals surface area contributed by atoms with Crippen LogP contribution in [0.25, 0.3) is 0 Å². The minimum Gasteiger partial charge on any atom is -0.382 e. The van der Waals surface area contributed by atoms with Crippen LogP contribution in [0.2, 0.25) is 5.02 Å². The first-order chi connectivity index (χ1) is 8.56. The van der Waals surface area contributed by atoms with E-state index in [0.717, 1.165) is 4.47 Å². The van der Waals surface area contributed by atoms with E-state index in [2.05, 4.69) is 31.2 Å². The molecule has 0 atom stereocenters. The van der Waals surface area contributed by atoms with Crippen LogP contribution in [0.5, 0.6) is 0 Å². The molecular formula is C11H8BrClN4O. The Labute approximate surface area is 117 Å². The number of aromatic nitrogens is 2. The van der Waals surface area contributed by atoms with Crippen LogP contribution in [0.1, 0.15) is 10.5 Å². The fourth-order valence-electron chi connectivity index (χ4n) is 1.27. The van der Waals surface area contributed by atoms with Crippen LogP contribution in [0.3, 0.4) is 0 Å². The minimum atomic E-state index is -0.418. The van der Waals surface area contributed by atoms with Gasteiger partial charge in [-0.1, -0.05) is 27.5 Å². The number of nitrogen functional groups attached to an aromatic ring is 1. The first kappa shape index (κ1) is 12.8. The lowest BCUT2D eigenvalue weighted by Gasteiger charge is -2.07. The van der Waals surface area contributed by atoms with E-state index in [1.807, 2.05) is 0 Å². The van der Waals surface area contributed by atoms with E-state index in [1.54, 1.807) is 18.2 Å². The Balaban J connectivity index is 2.21. The Bertz CT molecular complexity index is 605. The Morgan fingerprint density at radius 1 is 1.39 bits per heavy atom. The van der Waals surface area contributed by atoms with Crippen LogP contribution in [0, 0.1) is 0 Å². The summed E-state index contributed by atoms with van der Waals surface area (Å²) in [5.41, 5.74) is 6.08. The van der Waals surface area contributed by atoms with Crippen LogP contribution in [0.4, 0.5) is 11.5 Å². The van der Waals surface area contributed by atoms with Crippen molar-refractivity contribution in [3.05, 3.63) is 45.8 Å². The highest BCUT2D eigenvalue weighted by molar-refractivity contribution is 9.10. The van der Waals surface area contributed by atoms with Crippen molar-refractivity contribution in [1.82, 2.24) is 9.97 Å². The lowest BCUT2D eigenvalue weighted by atomic mass is 10.3. The molecule has 0 unspecified atom stereocenters. The summed E-state index contributed by atoms with van der Waals surface area (Å²) in [6, 6.07) is 5.14. The molecule has 3 N–H and O–H groups in total. The number of amides is 1. The van der Waals surface area contributed by atoms with E-state index in [-0.39, 0.29) is 11.5 Å². The van der Waals surface area contributed by atoms with Crippen molar-refractivity contribution in [1.29, 1.82) is 0 Å². The fraction of sp³-hybridized carbons (Fsp3) is 0. The van der Waals surface area contributed by atoms with E-state index in [0.29, 0.717) is 10.7 Å². The number of rotatable bonds is 2. The molecule has 1 amide bonds. The van der Waals surface area contributed by atoms with Crippen molar-refractivity contribution in [2.24, 2.45) is 0 Å². The molecule has 1 heterocycles. The zero-order valence-electron chi connectivity index (χ0n) is 9.02. The molecule has 0 saturated heterocycles. The van der Waals surface area contributed by atoms with Gasteiger partial charge >= 0.3 is 0 Å². The van der Waals surface area contributed by atoms with Gasteiger partial charge in [0, 0.05) is 4.47 Å². The van der Waals surface area contributed by atoms with Gasteiger partial charge in [0.1, 0.15) is 11.5 Å². The summed E-state index contributed by atoms with van der Waals surface area (Å²) in [4.78, 5) is 19.5. The smallest absolute Gasteiger partial charge is 0.275 e. The quantitative estimate of drug-likeness (QED) is 0.888. The number of hydrogen-bond donors (Lipinski definition) is 2. The van der Waals surface area contributed by atoms with E-state index < -0.39 is 5.91 Å². The highest BCUT2D eigenvalue weighted by Crippen LogP contribution is 2.25. The van der Waals surface area contributed by atoms with Gasteiger partial charge < -0.3 is 11.1 Å². The molecular weight excluding hydrogens is 320 g/mol. The highest BCUT2D eigenvalue weighted by atomic mass is 79.9. The molecule has 1 aromatic carbocycles. The van der Waals surface area contributed by atoms with Crippen LogP contribution < -0.4 is 11.1 Å². The van der Waals surface area contributed by atoms with Gasteiger partial charge in [-0.15, -0.1) is 0 Å². The summed E-state index contributed by atoms with van der Waals surface area (Å²) in [5, 5.41) is 3.06. The summed E-state index contributed by atoms with van der Waals surface area (Å²) in [5.74, 6) is -0.233. The third-order valence-corrected chi connectivity index (χ3v) is 2.87. The maximum absolute atomic E-state index is 11.9. The molecule has 18 heavy (non-hydrogen) atoms. The number of carbonyl (C=O) groups is 1. The molecule has 0 bridgehead atoms. The van der Waals surface area contributed by atoms with Crippen molar-refractivity contribution < 1.29 is 4.79 Å². The minimum absolute atomic E-state index is 0.133. The van der Waals surface area contributed by atoms with Crippen molar-refractivity contribution in [2.75, 3.05) is 11.1 Å². The molecule has 2 rings (SSSR count). The third-order valence-electron chi connectivity index (χ3n) is 2.07. The van der Waals surface area contributed by atoms with Crippen molar-refractivity contribution in [2.45, 2.75) is 0 Å². The van der Waals surface area contributed by atoms with Gasteiger partial charge in [-0.2, -0.15) is 0 Å². The third kappa shape index (κ3) is 2.96. The monoisotopic (exact) mass is 326 g/mol. The summed E-state index contributed by atoms with van der Waals surface area (Å²) in [7, 11) is 0. The molecule has 0 aliphatic heterocycles. The number of hydrogen-bond acceptors (Lipinski definition) is 4. The maximum Gasteiger partial charge on any atom is 0.275 e. The van der Waals surface area contributed by atoms with Gasteiger partial charge in [0.25, 0.3) is 5.91 Å². The first-order valence-corrected chi connectivity index (χ1v) is 6.07. The number of benzene rings is 1. The molecule has 0 spiro atoms. The zero-order chi connectivity index (χ0) is 13.1. The fourth-order valence-corrected chi connectivity index (χ4v) is 1.99. The summed E-state index contributed by atoms with van der Waals surface area (Å²) in [6.07, 6.45) is 2.70. The van der Waals surface area contributed by atoms with Crippen LogP contribution in [-0.2, 0) is 0 Å². The van der Waals surface area contributed by atoms with Crippen LogP contribution in [-0.4, -0.2) is 15.9 Å². The summed E-state index contributed by atoms with van der Waals surface area (Å²) < 4.78 is 0.828. The number of nitrogens with zero attached hydrogens (tertiary/aromatic N) is 2. The molecule has 1 aromatic heterocycles. The topological polar surface area (TPSA) is 80.9 Å². The van der Waals surface area contributed by atoms with Crippen molar-refractivity contribution in [3.63, 3.8) is 0 Å². The molecule has 5 nitrogen and oxygen atoms in total. The predicted molar refractivity (Wildman–Crippen MR) is 73.5 cm³/mol. The molecule has 0 radical (unpaired) electrons. The molecule has 0 fully saturated rings. The first-order valence-electron chi connectivity index (χ1n) is 4.90. The Morgan fingerprint density at radius 3 is 2.83 bits per heavy atom. The average molecular weight is 328 g/mol. The number of carbonyl (C=O) groups excluding carboxylic acids is 1. The van der Waals surface area contributed by atoms with E-state index in [4.69, 9.17) is 17.3 Å². The van der Waals surface area contributed by atoms with Crippen LogP contribution >= 0.6 is 27.5 Å². The van der Waals surface area contributed by atoms with Gasteiger partial charge in [-0.05, 0) is 18.2 Å². The second kappa shape index (κ2) is 5.32. The van der Waals surface area contributed by atoms with Gasteiger partial charge in [0.15, 0.2) is 0 Å². The Kier molecular flexibility index (Phi) is 3.78. The second-order valence-electron chi connectivity index (χ2n) is 3.41. The van der Waals surface area contributed by atoms with Crippen molar-refractivity contribution in [3.8, 4) is 0 Å². The van der Waals surface area contributed by atoms with Gasteiger partial charge in [0.05, 0.1) is 23.1 Å². The highest BCUT2D eigenvalue weighted by Gasteiger charge is 2.10. The molecule has 0 aliphatic carbocycles. The number of nitrogens with one attached hydrogen (secondary N) is 1. The largest absolute Gasteiger partial charge is 0.382 e. The predicted octanol–water partition coefficient (Wildman–Crippen LogP) is 2.73. The van der Waals surface area contributed by atoms with Crippen LogP contribution in [0.15, 0.2) is 35.1 Å². The van der Waals surface area contributed by atoms with E-state index in [9.17, 15) is 4.79 Å². The second-order valence-corrected chi connectivity index (χ2v) is 4.73. The Morgan fingerprint density at radius 2 is 2.17 bits per heavy atom. The molecule has 0 aliphatic rings. The standard InChI is InChI=1S/C11H8BrClN4O/c12-6-1-2-8(7(13)3-6)17-11(18)9-4-15-5-10(14)16-9/h1-5H,(H2,14,16)(H,17,18). The lowest BCUT2D eigenvalue weighted by molar-refractivity contribution is 0.102. The number of anilines is 2. The number of halogens is 2. The van der Waals surface area contributed by atoms with Gasteiger partial charge in [-0.25, -0.2) is 4.98 Å². The molecule has 0 saturated carbocycles. The number of nitrogens with two attached hydrogens (primary N) is 1. The summed E-state index contributed by atoms with van der Waals surface area (Å²) >= 11 is 9.27. The lowest BCUT2D eigenvalue weighted by Crippen LogP contribution is -2.15. The van der Waals surface area contributed by atoms with Gasteiger partial charge in [0.2, 0.25) is 0 Å². The van der Waals surface area contributed by atoms with E-state index in [1.165, 1.54) is 12.4 Å². The molecule has 7 heteroatoms. The van der Waals surface area contributed by atoms with Gasteiger partial charge in [-0.3, -0.25) is 9.78 Å². The maximum atomic E-state index is 11.9.